The second-order valence-electron chi connectivity index (χ2n) is 6.69. The molecular weight excluding hydrogens is 416 g/mol. The summed E-state index contributed by atoms with van der Waals surface area (Å²) in [5, 5.41) is 26.6. The summed E-state index contributed by atoms with van der Waals surface area (Å²) in [5.41, 5.74) is -1.09. The van der Waals surface area contributed by atoms with Crippen LogP contribution >= 0.6 is 0 Å². The summed E-state index contributed by atoms with van der Waals surface area (Å²) in [4.78, 5) is 11.7. The number of halogens is 2. The van der Waals surface area contributed by atoms with E-state index in [9.17, 15) is 37.3 Å². The standard InChI is InChI=1S/C17H19F2NO8S/c18-9-1-2-12(11(19)5-9)20-29(25,26)15-3-4-17(6-10(15)16(23)24)27-13(7-21)14(8-22)28-17/h1-2,5-6,13-15,20-22H,3-4,7-8H2,(H,23,24)/t13-,14-,15?/m1/s1. The number of rotatable bonds is 6. The highest BCUT2D eigenvalue weighted by Gasteiger charge is 2.51. The molecule has 12 heteroatoms. The highest BCUT2D eigenvalue weighted by molar-refractivity contribution is 7.93. The highest BCUT2D eigenvalue weighted by atomic mass is 32.2. The quantitative estimate of drug-likeness (QED) is 0.501. The molecule has 0 amide bonds. The second kappa shape index (κ2) is 7.95. The Bertz CT molecular complexity index is 923. The number of anilines is 1. The van der Waals surface area contributed by atoms with Crippen molar-refractivity contribution in [2.24, 2.45) is 0 Å². The molecule has 3 rings (SSSR count). The Balaban J connectivity index is 1.91. The minimum Gasteiger partial charge on any atom is -0.478 e. The van der Waals surface area contributed by atoms with Crippen molar-refractivity contribution in [3.8, 4) is 0 Å². The van der Waals surface area contributed by atoms with Crippen molar-refractivity contribution in [3.05, 3.63) is 41.5 Å². The number of carboxylic acids is 1. The highest BCUT2D eigenvalue weighted by Crippen LogP contribution is 2.41. The van der Waals surface area contributed by atoms with Crippen LogP contribution in [0.1, 0.15) is 12.8 Å². The number of hydrogen-bond acceptors (Lipinski definition) is 7. The van der Waals surface area contributed by atoms with E-state index in [1.807, 2.05) is 4.72 Å². The molecule has 0 radical (unpaired) electrons. The fourth-order valence-electron chi connectivity index (χ4n) is 3.40. The van der Waals surface area contributed by atoms with Crippen LogP contribution in [0.3, 0.4) is 0 Å². The van der Waals surface area contributed by atoms with Crippen LogP contribution in [-0.2, 0) is 24.3 Å². The van der Waals surface area contributed by atoms with E-state index in [-0.39, 0.29) is 12.8 Å². The van der Waals surface area contributed by atoms with Gasteiger partial charge in [0.15, 0.2) is 5.79 Å². The zero-order valence-electron chi connectivity index (χ0n) is 14.9. The Hall–Kier alpha value is -2.12. The first-order chi connectivity index (χ1) is 13.6. The fraction of sp³-hybridized carbons (Fsp3) is 0.471. The van der Waals surface area contributed by atoms with Gasteiger partial charge in [0.2, 0.25) is 10.0 Å². The normalized spacial score (nSPS) is 26.3. The molecule has 3 atom stereocenters. The van der Waals surface area contributed by atoms with Crippen LogP contribution in [0.15, 0.2) is 29.8 Å². The first kappa shape index (κ1) is 21.6. The molecule has 4 N–H and O–H groups in total. The van der Waals surface area contributed by atoms with Crippen LogP contribution in [0.4, 0.5) is 14.5 Å². The lowest BCUT2D eigenvalue weighted by Crippen LogP contribution is -2.42. The van der Waals surface area contributed by atoms with Gasteiger partial charge in [0.25, 0.3) is 0 Å². The number of nitrogens with one attached hydrogen (secondary N) is 1. The van der Waals surface area contributed by atoms with Gasteiger partial charge in [-0.3, -0.25) is 4.72 Å². The zero-order valence-corrected chi connectivity index (χ0v) is 15.7. The fourth-order valence-corrected chi connectivity index (χ4v) is 4.94. The number of hydrogen-bond donors (Lipinski definition) is 4. The molecule has 1 aromatic carbocycles. The van der Waals surface area contributed by atoms with Gasteiger partial charge in [0, 0.05) is 12.5 Å². The molecule has 160 valence electrons. The first-order valence-electron chi connectivity index (χ1n) is 8.61. The third-order valence-corrected chi connectivity index (χ3v) is 6.50. The van der Waals surface area contributed by atoms with Gasteiger partial charge in [0.05, 0.1) is 24.5 Å². The minimum absolute atomic E-state index is 0.0890. The summed E-state index contributed by atoms with van der Waals surface area (Å²) >= 11 is 0. The van der Waals surface area contributed by atoms with Gasteiger partial charge in [-0.2, -0.15) is 0 Å². The third kappa shape index (κ3) is 4.26. The molecule has 1 saturated heterocycles. The van der Waals surface area contributed by atoms with E-state index >= 15 is 0 Å². The lowest BCUT2D eigenvalue weighted by atomic mass is 9.94. The molecule has 1 fully saturated rings. The van der Waals surface area contributed by atoms with Crippen molar-refractivity contribution in [3.63, 3.8) is 0 Å². The number of carboxylic acid groups (broad SMARTS) is 1. The maximum Gasteiger partial charge on any atom is 0.332 e. The van der Waals surface area contributed by atoms with Gasteiger partial charge in [-0.1, -0.05) is 0 Å². The van der Waals surface area contributed by atoms with E-state index in [1.54, 1.807) is 0 Å². The lowest BCUT2D eigenvalue weighted by molar-refractivity contribution is -0.153. The number of aliphatic hydroxyl groups is 2. The summed E-state index contributed by atoms with van der Waals surface area (Å²) in [7, 11) is -4.42. The molecule has 1 aliphatic heterocycles. The summed E-state index contributed by atoms with van der Waals surface area (Å²) in [6.07, 6.45) is -1.18. The van der Waals surface area contributed by atoms with Crippen molar-refractivity contribution < 1.29 is 46.8 Å². The summed E-state index contributed by atoms with van der Waals surface area (Å²) < 4.78 is 65.3. The minimum atomic E-state index is -4.42. The van der Waals surface area contributed by atoms with E-state index in [2.05, 4.69) is 0 Å². The second-order valence-corrected chi connectivity index (χ2v) is 8.56. The van der Waals surface area contributed by atoms with Gasteiger partial charge in [-0.15, -0.1) is 0 Å². The SMILES string of the molecule is O=C(O)C1=CC2(CCC1S(=O)(=O)Nc1ccc(F)cc1F)O[C@H](CO)[C@@H](CO)O2. The molecule has 1 unspecified atom stereocenters. The molecule has 0 aromatic heterocycles. The summed E-state index contributed by atoms with van der Waals surface area (Å²) in [6, 6.07) is 2.23. The topological polar surface area (TPSA) is 142 Å². The van der Waals surface area contributed by atoms with E-state index in [0.717, 1.165) is 18.2 Å². The molecule has 29 heavy (non-hydrogen) atoms. The number of ether oxygens (including phenoxy) is 2. The van der Waals surface area contributed by atoms with Crippen molar-refractivity contribution in [1.82, 2.24) is 0 Å². The monoisotopic (exact) mass is 435 g/mol. The number of aliphatic carboxylic acids is 1. The van der Waals surface area contributed by atoms with Gasteiger partial charge >= 0.3 is 5.97 Å². The molecule has 9 nitrogen and oxygen atoms in total. The Morgan fingerprint density at radius 1 is 1.21 bits per heavy atom. The molecule has 1 spiro atoms. The Kier molecular flexibility index (Phi) is 5.92. The first-order valence-corrected chi connectivity index (χ1v) is 10.2. The van der Waals surface area contributed by atoms with Crippen LogP contribution in [0.5, 0.6) is 0 Å². The van der Waals surface area contributed by atoms with Crippen molar-refractivity contribution >= 4 is 21.7 Å². The predicted molar refractivity (Wildman–Crippen MR) is 94.3 cm³/mol. The van der Waals surface area contributed by atoms with E-state index < -0.39 is 75.3 Å². The van der Waals surface area contributed by atoms with Crippen LogP contribution in [-0.4, -0.2) is 66.2 Å². The van der Waals surface area contributed by atoms with Gasteiger partial charge in [-0.25, -0.2) is 22.0 Å². The average Bonchev–Trinajstić information content (AvgIpc) is 3.01. The largest absolute Gasteiger partial charge is 0.478 e. The third-order valence-electron chi connectivity index (χ3n) is 4.76. The molecule has 2 aliphatic rings. The molecule has 1 aliphatic carbocycles. The van der Waals surface area contributed by atoms with Crippen molar-refractivity contribution in [1.29, 1.82) is 0 Å². The number of carbonyl (C=O) groups is 1. The van der Waals surface area contributed by atoms with Crippen LogP contribution in [0.2, 0.25) is 0 Å². The van der Waals surface area contributed by atoms with E-state index in [1.165, 1.54) is 0 Å². The number of aliphatic hydroxyl groups excluding tert-OH is 2. The molecule has 0 bridgehead atoms. The molecule has 1 heterocycles. The van der Waals surface area contributed by atoms with E-state index in [4.69, 9.17) is 9.47 Å². The number of benzene rings is 1. The van der Waals surface area contributed by atoms with Crippen molar-refractivity contribution in [2.75, 3.05) is 17.9 Å². The maximum absolute atomic E-state index is 13.8. The van der Waals surface area contributed by atoms with Crippen molar-refractivity contribution in [2.45, 2.75) is 36.1 Å². The Morgan fingerprint density at radius 3 is 2.34 bits per heavy atom. The molecule has 0 saturated carbocycles. The smallest absolute Gasteiger partial charge is 0.332 e. The zero-order chi connectivity index (χ0) is 21.4. The molecule has 1 aromatic rings. The lowest BCUT2D eigenvalue weighted by Gasteiger charge is -2.33. The molecular formula is C17H19F2NO8S. The maximum atomic E-state index is 13.8. The van der Waals surface area contributed by atoms with E-state index in [0.29, 0.717) is 6.07 Å². The van der Waals surface area contributed by atoms with Gasteiger partial charge in [-0.05, 0) is 24.6 Å². The predicted octanol–water partition coefficient (Wildman–Crippen LogP) is 0.345. The number of sulfonamides is 1. The Labute approximate surface area is 164 Å². The van der Waals surface area contributed by atoms with Crippen LogP contribution < -0.4 is 4.72 Å². The summed E-state index contributed by atoms with van der Waals surface area (Å²) in [5.74, 6) is -5.22. The van der Waals surface area contributed by atoms with Crippen LogP contribution in [0.25, 0.3) is 0 Å². The van der Waals surface area contributed by atoms with Gasteiger partial charge < -0.3 is 24.8 Å². The summed E-state index contributed by atoms with van der Waals surface area (Å²) in [6.45, 7) is -0.979. The average molecular weight is 435 g/mol. The Morgan fingerprint density at radius 2 is 1.83 bits per heavy atom. The van der Waals surface area contributed by atoms with Crippen LogP contribution in [0, 0.1) is 11.6 Å². The van der Waals surface area contributed by atoms with Gasteiger partial charge in [0.1, 0.15) is 29.1 Å².